The molecule has 0 radical (unpaired) electrons. The molecule has 2 heterocycles. The first-order valence-electron chi connectivity index (χ1n) is 7.53. The van der Waals surface area contributed by atoms with Gasteiger partial charge in [-0.15, -0.1) is 0 Å². The van der Waals surface area contributed by atoms with Crippen LogP contribution in [0, 0.1) is 6.92 Å². The zero-order valence-corrected chi connectivity index (χ0v) is 12.8. The van der Waals surface area contributed by atoms with Crippen molar-refractivity contribution in [3.8, 4) is 0 Å². The van der Waals surface area contributed by atoms with E-state index in [0.717, 1.165) is 13.1 Å². The van der Waals surface area contributed by atoms with Gasteiger partial charge in [0.2, 0.25) is 0 Å². The molecule has 2 rings (SSSR count). The molecule has 0 saturated carbocycles. The van der Waals surface area contributed by atoms with Crippen molar-refractivity contribution in [2.24, 2.45) is 7.05 Å². The summed E-state index contributed by atoms with van der Waals surface area (Å²) in [5.74, 6) is 0. The molecule has 0 bridgehead atoms. The highest BCUT2D eigenvalue weighted by atomic mass is 15.3. The first-order valence-corrected chi connectivity index (χ1v) is 7.53. The number of aryl methyl sites for hydroxylation is 1. The Hall–Kier alpha value is -0.870. The Bertz CT molecular complexity index is 397. The van der Waals surface area contributed by atoms with Gasteiger partial charge in [-0.1, -0.05) is 6.42 Å². The predicted octanol–water partition coefficient (Wildman–Crippen LogP) is 2.08. The fourth-order valence-corrected chi connectivity index (χ4v) is 3.01. The maximum atomic E-state index is 4.29. The average Bonchev–Trinajstić information content (AvgIpc) is 2.71. The lowest BCUT2D eigenvalue weighted by Gasteiger charge is -2.38. The summed E-state index contributed by atoms with van der Waals surface area (Å²) >= 11 is 0. The van der Waals surface area contributed by atoms with Gasteiger partial charge in [-0.2, -0.15) is 5.10 Å². The Labute approximate surface area is 117 Å². The zero-order chi connectivity index (χ0) is 13.8. The Morgan fingerprint density at radius 3 is 2.84 bits per heavy atom. The molecule has 19 heavy (non-hydrogen) atoms. The number of hydrogen-bond acceptors (Lipinski definition) is 3. The van der Waals surface area contributed by atoms with Crippen LogP contribution in [-0.2, 0) is 13.6 Å². The third-order valence-corrected chi connectivity index (χ3v) is 4.37. The Morgan fingerprint density at radius 1 is 1.42 bits per heavy atom. The normalized spacial score (nSPS) is 21.2. The second kappa shape index (κ2) is 6.53. The molecule has 4 heteroatoms. The maximum absolute atomic E-state index is 4.29. The van der Waals surface area contributed by atoms with E-state index < -0.39 is 0 Å². The van der Waals surface area contributed by atoms with Crippen LogP contribution in [0.15, 0.2) is 6.20 Å². The van der Waals surface area contributed by atoms with Gasteiger partial charge in [0.15, 0.2) is 0 Å². The molecule has 0 aliphatic carbocycles. The molecule has 1 atom stereocenters. The standard InChI is InChI=1S/C15H28N4/c1-12(2)19-8-6-5-7-15(19)11-16-9-14-10-17-18(4)13(14)3/h10,12,15-16H,5-9,11H2,1-4H3/t15-/m1/s1. The maximum Gasteiger partial charge on any atom is 0.0537 e. The number of likely N-dealkylation sites (tertiary alicyclic amines) is 1. The van der Waals surface area contributed by atoms with Crippen molar-refractivity contribution in [1.29, 1.82) is 0 Å². The van der Waals surface area contributed by atoms with Crippen LogP contribution >= 0.6 is 0 Å². The molecule has 1 N–H and O–H groups in total. The molecule has 1 fully saturated rings. The quantitative estimate of drug-likeness (QED) is 0.884. The molecule has 1 aromatic rings. The molecule has 1 saturated heterocycles. The third-order valence-electron chi connectivity index (χ3n) is 4.37. The lowest BCUT2D eigenvalue weighted by Crippen LogP contribution is -2.48. The van der Waals surface area contributed by atoms with E-state index in [1.165, 1.54) is 37.1 Å². The van der Waals surface area contributed by atoms with Crippen LogP contribution in [0.2, 0.25) is 0 Å². The van der Waals surface area contributed by atoms with Crippen molar-refractivity contribution in [3.63, 3.8) is 0 Å². The van der Waals surface area contributed by atoms with Gasteiger partial charge in [-0.25, -0.2) is 0 Å². The van der Waals surface area contributed by atoms with Crippen molar-refractivity contribution >= 4 is 0 Å². The van der Waals surface area contributed by atoms with Crippen LogP contribution < -0.4 is 5.32 Å². The van der Waals surface area contributed by atoms with Crippen LogP contribution in [0.1, 0.15) is 44.4 Å². The van der Waals surface area contributed by atoms with E-state index in [1.807, 2.05) is 17.9 Å². The summed E-state index contributed by atoms with van der Waals surface area (Å²) in [7, 11) is 2.00. The van der Waals surface area contributed by atoms with Gasteiger partial charge in [0.1, 0.15) is 0 Å². The Kier molecular flexibility index (Phi) is 4.99. The highest BCUT2D eigenvalue weighted by Crippen LogP contribution is 2.19. The van der Waals surface area contributed by atoms with Gasteiger partial charge in [0.05, 0.1) is 6.20 Å². The van der Waals surface area contributed by atoms with Crippen molar-refractivity contribution < 1.29 is 0 Å². The van der Waals surface area contributed by atoms with Gasteiger partial charge in [-0.05, 0) is 40.2 Å². The van der Waals surface area contributed by atoms with E-state index in [4.69, 9.17) is 0 Å². The summed E-state index contributed by atoms with van der Waals surface area (Å²) in [4.78, 5) is 2.65. The van der Waals surface area contributed by atoms with Crippen LogP contribution in [0.3, 0.4) is 0 Å². The number of aromatic nitrogens is 2. The average molecular weight is 264 g/mol. The smallest absolute Gasteiger partial charge is 0.0537 e. The highest BCUT2D eigenvalue weighted by molar-refractivity contribution is 5.15. The molecule has 1 aliphatic heterocycles. The van der Waals surface area contributed by atoms with Crippen LogP contribution in [0.5, 0.6) is 0 Å². The summed E-state index contributed by atoms with van der Waals surface area (Å²) < 4.78 is 1.94. The molecule has 0 spiro atoms. The van der Waals surface area contributed by atoms with E-state index in [2.05, 4.69) is 36.1 Å². The van der Waals surface area contributed by atoms with Crippen molar-refractivity contribution in [3.05, 3.63) is 17.5 Å². The van der Waals surface area contributed by atoms with Crippen molar-refractivity contribution in [2.75, 3.05) is 13.1 Å². The summed E-state index contributed by atoms with van der Waals surface area (Å²) in [5, 5.41) is 7.91. The van der Waals surface area contributed by atoms with Gasteiger partial charge in [0.25, 0.3) is 0 Å². The van der Waals surface area contributed by atoms with E-state index in [-0.39, 0.29) is 0 Å². The molecular weight excluding hydrogens is 236 g/mol. The van der Waals surface area contributed by atoms with Gasteiger partial charge < -0.3 is 5.32 Å². The minimum absolute atomic E-state index is 0.659. The zero-order valence-electron chi connectivity index (χ0n) is 12.8. The second-order valence-corrected chi connectivity index (χ2v) is 5.99. The molecule has 0 unspecified atom stereocenters. The van der Waals surface area contributed by atoms with Gasteiger partial charge >= 0.3 is 0 Å². The first kappa shape index (κ1) is 14.5. The molecule has 0 aromatic carbocycles. The summed E-state index contributed by atoms with van der Waals surface area (Å²) in [6.07, 6.45) is 6.04. The Morgan fingerprint density at radius 2 is 2.21 bits per heavy atom. The Balaban J connectivity index is 1.82. The molecule has 0 amide bonds. The molecule has 1 aliphatic rings. The lowest BCUT2D eigenvalue weighted by atomic mass is 10.0. The number of nitrogens with one attached hydrogen (secondary N) is 1. The highest BCUT2D eigenvalue weighted by Gasteiger charge is 2.23. The van der Waals surface area contributed by atoms with Gasteiger partial charge in [-0.3, -0.25) is 9.58 Å². The van der Waals surface area contributed by atoms with Crippen molar-refractivity contribution in [2.45, 2.75) is 58.7 Å². The van der Waals surface area contributed by atoms with E-state index >= 15 is 0 Å². The number of hydrogen-bond donors (Lipinski definition) is 1. The fourth-order valence-electron chi connectivity index (χ4n) is 3.01. The number of piperidine rings is 1. The van der Waals surface area contributed by atoms with Crippen LogP contribution in [-0.4, -0.2) is 39.9 Å². The predicted molar refractivity (Wildman–Crippen MR) is 79.1 cm³/mol. The molecule has 108 valence electrons. The molecular formula is C15H28N4. The van der Waals surface area contributed by atoms with Crippen molar-refractivity contribution in [1.82, 2.24) is 20.0 Å². The largest absolute Gasteiger partial charge is 0.311 e. The topological polar surface area (TPSA) is 33.1 Å². The fraction of sp³-hybridized carbons (Fsp3) is 0.800. The van der Waals surface area contributed by atoms with Crippen LogP contribution in [0.25, 0.3) is 0 Å². The van der Waals surface area contributed by atoms with Crippen LogP contribution in [0.4, 0.5) is 0 Å². The van der Waals surface area contributed by atoms with E-state index in [1.54, 1.807) is 0 Å². The monoisotopic (exact) mass is 264 g/mol. The minimum Gasteiger partial charge on any atom is -0.311 e. The summed E-state index contributed by atoms with van der Waals surface area (Å²) in [6, 6.07) is 1.36. The van der Waals surface area contributed by atoms with Gasteiger partial charge in [0, 0.05) is 43.5 Å². The lowest BCUT2D eigenvalue weighted by molar-refractivity contribution is 0.110. The third kappa shape index (κ3) is 3.57. The number of rotatable bonds is 5. The van der Waals surface area contributed by atoms with E-state index in [0.29, 0.717) is 12.1 Å². The minimum atomic E-state index is 0.659. The number of nitrogens with zero attached hydrogens (tertiary/aromatic N) is 3. The van der Waals surface area contributed by atoms with E-state index in [9.17, 15) is 0 Å². The molecule has 1 aromatic heterocycles. The summed E-state index contributed by atoms with van der Waals surface area (Å²) in [5.41, 5.74) is 2.58. The summed E-state index contributed by atoms with van der Waals surface area (Å²) in [6.45, 7) is 10.0. The first-order chi connectivity index (χ1) is 9.09. The SMILES string of the molecule is Cc1c(CNC[C@H]2CCCCN2C(C)C)cnn1C. The second-order valence-electron chi connectivity index (χ2n) is 5.99. The molecule has 4 nitrogen and oxygen atoms in total.